The Labute approximate surface area is 250 Å². The van der Waals surface area contributed by atoms with Crippen molar-refractivity contribution in [3.8, 4) is 5.75 Å². The molecule has 0 aliphatic carbocycles. The molecule has 0 N–H and O–H groups in total. The van der Waals surface area contributed by atoms with Crippen LogP contribution in [0.25, 0.3) is 10.2 Å². The number of hydrogen-bond acceptors (Lipinski definition) is 8. The van der Waals surface area contributed by atoms with E-state index in [1.54, 1.807) is 24.1 Å². The largest absolute Gasteiger partial charge is 0.497 e. The maximum absolute atomic E-state index is 13.9. The molecule has 2 aliphatic heterocycles. The van der Waals surface area contributed by atoms with Crippen LogP contribution in [0.15, 0.2) is 71.6 Å². The van der Waals surface area contributed by atoms with Crippen molar-refractivity contribution in [1.29, 1.82) is 0 Å². The number of thiazole rings is 1. The molecule has 4 aromatic rings. The molecule has 220 valence electrons. The number of benzene rings is 3. The number of carbonyl (C=O) groups is 1. The van der Waals surface area contributed by atoms with Crippen molar-refractivity contribution in [3.63, 3.8) is 0 Å². The second-order valence-electron chi connectivity index (χ2n) is 10.5. The standard InChI is InChI=1S/C31H34N4O5S2/c1-39-26-9-12-28-29(21-26)41-31(32-28)35(15-4-14-33-17-19-40-20-18-33)30(36)24-7-10-27(11-8-24)42(37,38)34-16-13-23-5-2-3-6-25(23)22-34/h2-3,5-12,21H,4,13-20,22H2,1H3. The molecule has 0 radical (unpaired) electrons. The molecule has 1 amide bonds. The molecule has 6 rings (SSSR count). The van der Waals surface area contributed by atoms with E-state index in [0.29, 0.717) is 36.8 Å². The molecule has 0 unspecified atom stereocenters. The lowest BCUT2D eigenvalue weighted by atomic mass is 10.0. The molecule has 1 fully saturated rings. The number of ether oxygens (including phenoxy) is 2. The predicted molar refractivity (Wildman–Crippen MR) is 164 cm³/mol. The van der Waals surface area contributed by atoms with Gasteiger partial charge in [0, 0.05) is 44.8 Å². The summed E-state index contributed by atoms with van der Waals surface area (Å²) in [4.78, 5) is 22.9. The average molecular weight is 607 g/mol. The van der Waals surface area contributed by atoms with Crippen LogP contribution in [-0.2, 0) is 27.7 Å². The molecular formula is C31H34N4O5S2. The number of carbonyl (C=O) groups excluding carboxylic acids is 1. The quantitative estimate of drug-likeness (QED) is 0.279. The summed E-state index contributed by atoms with van der Waals surface area (Å²) >= 11 is 1.44. The minimum absolute atomic E-state index is 0.185. The summed E-state index contributed by atoms with van der Waals surface area (Å²) in [5.74, 6) is 0.524. The first-order valence-electron chi connectivity index (χ1n) is 14.2. The Kier molecular flexibility index (Phi) is 8.55. The van der Waals surface area contributed by atoms with Gasteiger partial charge in [-0.05, 0) is 66.4 Å². The SMILES string of the molecule is COc1ccc2nc(N(CCCN3CCOCC3)C(=O)c3ccc(S(=O)(=O)N4CCc5ccccc5C4)cc3)sc2c1. The minimum atomic E-state index is -3.70. The first-order chi connectivity index (χ1) is 20.4. The number of nitrogens with zero attached hydrogens (tertiary/aromatic N) is 4. The number of anilines is 1. The van der Waals surface area contributed by atoms with Gasteiger partial charge in [-0.2, -0.15) is 4.31 Å². The highest BCUT2D eigenvalue weighted by Gasteiger charge is 2.29. The fourth-order valence-corrected chi connectivity index (χ4v) is 7.88. The number of amides is 1. The summed E-state index contributed by atoms with van der Waals surface area (Å²) in [7, 11) is -2.08. The normalized spacial score (nSPS) is 16.3. The minimum Gasteiger partial charge on any atom is -0.497 e. The van der Waals surface area contributed by atoms with E-state index in [4.69, 9.17) is 14.5 Å². The van der Waals surface area contributed by atoms with E-state index in [1.165, 1.54) is 33.3 Å². The molecular weight excluding hydrogens is 572 g/mol. The number of rotatable bonds is 9. The Morgan fingerprint density at radius 1 is 1.02 bits per heavy atom. The summed E-state index contributed by atoms with van der Waals surface area (Å²) in [5.41, 5.74) is 3.43. The summed E-state index contributed by atoms with van der Waals surface area (Å²) in [6.45, 7) is 5.32. The van der Waals surface area contributed by atoms with Crippen LogP contribution < -0.4 is 9.64 Å². The van der Waals surface area contributed by atoms with Gasteiger partial charge < -0.3 is 9.47 Å². The van der Waals surface area contributed by atoms with Gasteiger partial charge in [-0.25, -0.2) is 13.4 Å². The van der Waals surface area contributed by atoms with Crippen LogP contribution in [0.4, 0.5) is 5.13 Å². The molecule has 11 heteroatoms. The summed E-state index contributed by atoms with van der Waals surface area (Å²) in [6, 6.07) is 19.9. The summed E-state index contributed by atoms with van der Waals surface area (Å²) in [6.07, 6.45) is 1.45. The maximum Gasteiger partial charge on any atom is 0.260 e. The molecule has 1 aromatic heterocycles. The van der Waals surface area contributed by atoms with Gasteiger partial charge in [-0.3, -0.25) is 14.6 Å². The second kappa shape index (κ2) is 12.5. The number of aromatic nitrogens is 1. The molecule has 9 nitrogen and oxygen atoms in total. The molecule has 0 atom stereocenters. The first-order valence-corrected chi connectivity index (χ1v) is 16.4. The van der Waals surface area contributed by atoms with Crippen molar-refractivity contribution in [2.45, 2.75) is 24.3 Å². The van der Waals surface area contributed by atoms with E-state index in [0.717, 1.165) is 60.8 Å². The van der Waals surface area contributed by atoms with Crippen molar-refractivity contribution in [2.75, 3.05) is 57.9 Å². The third-order valence-corrected chi connectivity index (χ3v) is 10.8. The highest BCUT2D eigenvalue weighted by molar-refractivity contribution is 7.89. The Morgan fingerprint density at radius 2 is 1.79 bits per heavy atom. The van der Waals surface area contributed by atoms with Crippen molar-refractivity contribution < 1.29 is 22.7 Å². The van der Waals surface area contributed by atoms with Crippen LogP contribution in [0, 0.1) is 0 Å². The molecule has 0 spiro atoms. The third-order valence-electron chi connectivity index (χ3n) is 7.85. The number of morpholine rings is 1. The second-order valence-corrected chi connectivity index (χ2v) is 13.4. The van der Waals surface area contributed by atoms with Gasteiger partial charge in [0.05, 0.1) is 35.4 Å². The highest BCUT2D eigenvalue weighted by atomic mass is 32.2. The molecule has 0 saturated carbocycles. The van der Waals surface area contributed by atoms with Gasteiger partial charge >= 0.3 is 0 Å². The van der Waals surface area contributed by atoms with Crippen LogP contribution in [0.5, 0.6) is 5.75 Å². The van der Waals surface area contributed by atoms with Crippen LogP contribution in [0.1, 0.15) is 27.9 Å². The van der Waals surface area contributed by atoms with Crippen LogP contribution in [0.2, 0.25) is 0 Å². The number of hydrogen-bond donors (Lipinski definition) is 0. The smallest absolute Gasteiger partial charge is 0.260 e. The lowest BCUT2D eigenvalue weighted by Crippen LogP contribution is -2.39. The van der Waals surface area contributed by atoms with Gasteiger partial charge in [0.15, 0.2) is 5.13 Å². The zero-order valence-electron chi connectivity index (χ0n) is 23.6. The first kappa shape index (κ1) is 28.8. The Hall–Kier alpha value is -3.35. The monoisotopic (exact) mass is 606 g/mol. The van der Waals surface area contributed by atoms with E-state index in [-0.39, 0.29) is 10.8 Å². The van der Waals surface area contributed by atoms with Gasteiger partial charge in [-0.15, -0.1) is 0 Å². The van der Waals surface area contributed by atoms with Crippen molar-refractivity contribution in [3.05, 3.63) is 83.4 Å². The third kappa shape index (κ3) is 6.06. The molecule has 42 heavy (non-hydrogen) atoms. The predicted octanol–water partition coefficient (Wildman–Crippen LogP) is 4.42. The molecule has 1 saturated heterocycles. The number of methoxy groups -OCH3 is 1. The lowest BCUT2D eigenvalue weighted by Gasteiger charge is -2.28. The molecule has 3 aromatic carbocycles. The van der Waals surface area contributed by atoms with Crippen molar-refractivity contribution >= 4 is 42.6 Å². The van der Waals surface area contributed by atoms with Gasteiger partial charge in [0.2, 0.25) is 10.0 Å². The maximum atomic E-state index is 13.9. The van der Waals surface area contributed by atoms with Gasteiger partial charge in [0.25, 0.3) is 5.91 Å². The Balaban J connectivity index is 1.22. The van der Waals surface area contributed by atoms with Crippen molar-refractivity contribution in [2.24, 2.45) is 0 Å². The molecule has 3 heterocycles. The van der Waals surface area contributed by atoms with Crippen LogP contribution in [-0.4, -0.2) is 81.6 Å². The molecule has 2 aliphatic rings. The molecule has 0 bridgehead atoms. The van der Waals surface area contributed by atoms with E-state index < -0.39 is 10.0 Å². The zero-order chi connectivity index (χ0) is 29.1. The van der Waals surface area contributed by atoms with Crippen LogP contribution >= 0.6 is 11.3 Å². The summed E-state index contributed by atoms with van der Waals surface area (Å²) < 4.78 is 40.2. The summed E-state index contributed by atoms with van der Waals surface area (Å²) in [5, 5.41) is 0.605. The van der Waals surface area contributed by atoms with Crippen LogP contribution in [0.3, 0.4) is 0 Å². The Bertz CT molecular complexity index is 1670. The topological polar surface area (TPSA) is 92.3 Å². The zero-order valence-corrected chi connectivity index (χ0v) is 25.2. The van der Waals surface area contributed by atoms with Gasteiger partial charge in [0.1, 0.15) is 5.75 Å². The Morgan fingerprint density at radius 3 is 2.55 bits per heavy atom. The lowest BCUT2D eigenvalue weighted by molar-refractivity contribution is 0.0376. The number of fused-ring (bicyclic) bond motifs is 2. The number of sulfonamides is 1. The van der Waals surface area contributed by atoms with E-state index in [2.05, 4.69) is 4.90 Å². The van der Waals surface area contributed by atoms with Gasteiger partial charge in [-0.1, -0.05) is 35.6 Å². The fraction of sp³-hybridized carbons (Fsp3) is 0.355. The van der Waals surface area contributed by atoms with E-state index in [9.17, 15) is 13.2 Å². The van der Waals surface area contributed by atoms with Crippen molar-refractivity contribution in [1.82, 2.24) is 14.2 Å². The van der Waals surface area contributed by atoms with E-state index in [1.807, 2.05) is 42.5 Å². The highest BCUT2D eigenvalue weighted by Crippen LogP contribution is 2.33. The average Bonchev–Trinajstić information content (AvgIpc) is 3.46. The fourth-order valence-electron chi connectivity index (χ4n) is 5.45. The van der Waals surface area contributed by atoms with E-state index >= 15 is 0 Å².